The lowest BCUT2D eigenvalue weighted by Crippen LogP contribution is -2.61. The quantitative estimate of drug-likeness (QED) is 0.0187. The first-order chi connectivity index (χ1) is 63.6. The Labute approximate surface area is 776 Å². The normalized spacial score (nSPS) is 24.0. The minimum absolute atomic E-state index is 0.00304. The number of phenolic OH excluding ortho intramolecular Hbond substituents is 1. The third-order valence-electron chi connectivity index (χ3n) is 23.4. The number of aliphatic hydroxyl groups is 1. The van der Waals surface area contributed by atoms with E-state index in [-0.39, 0.29) is 89.6 Å². The Morgan fingerprint density at radius 3 is 1.66 bits per heavy atom. The molecule has 4 heterocycles. The maximum Gasteiger partial charge on any atom is 0.305 e. The van der Waals surface area contributed by atoms with Crippen LogP contribution in [-0.2, 0) is 117 Å². The number of aromatic hydroxyl groups is 1. The predicted octanol–water partition coefficient (Wildman–Crippen LogP) is -4.37. The summed E-state index contributed by atoms with van der Waals surface area (Å²) in [6.07, 6.45) is -1.52. The van der Waals surface area contributed by atoms with Crippen LogP contribution in [0.1, 0.15) is 94.4 Å². The molecule has 5 aromatic rings. The second-order valence-electron chi connectivity index (χ2n) is 33.5. The number of nitrogens with two attached hydrogens (primary N) is 2. The number of H-pyrrole nitrogens is 1. The second-order valence-corrected chi connectivity index (χ2v) is 34.5. The number of aliphatic carboxylic acids is 2. The minimum atomic E-state index is -1.99. The van der Waals surface area contributed by atoms with Gasteiger partial charge >= 0.3 is 11.9 Å². The van der Waals surface area contributed by atoms with Crippen molar-refractivity contribution in [2.75, 3.05) is 92.6 Å². The van der Waals surface area contributed by atoms with Gasteiger partial charge in [0.05, 0.1) is 44.8 Å². The zero-order valence-electron chi connectivity index (χ0n) is 75.6. The molecular weight excluding hydrogens is 1760 g/mol. The van der Waals surface area contributed by atoms with Gasteiger partial charge in [-0.2, -0.15) is 0 Å². The summed E-state index contributed by atoms with van der Waals surface area (Å²) >= 11 is 0.757. The number of guanidine groups is 1. The Kier molecular flexibility index (Phi) is 39.1. The van der Waals surface area contributed by atoms with Gasteiger partial charge in [-0.25, -0.2) is 0 Å². The van der Waals surface area contributed by atoms with E-state index < -0.39 is 253 Å². The van der Waals surface area contributed by atoms with Crippen molar-refractivity contribution in [1.82, 2.24) is 92.5 Å². The SMILES string of the molecule is CC(C)[C@@H]1NC(=O)[C@H](CC(=O)O)NC(=O)[C@H](C)N(C)C(=O)[C@@H]2CCCN2C(=O)[C@H](CC(=O)O)NC(=O)[C@@H](Cc2c[nH]c3ccccc23)NC(=O)CSC[C@@H](C(=O)NCC(N)=O)NC(=O)[C@@H]2CCCN2C(=O)[C@H](Cc2ccccc2)N(C)C(=O)[C@H](Cc2ccc(O)cc2)NC(=O)CN(C)C(=O)[C@H](Cc2ccccc2)N(C)C(=O)[C@H](CCCNC(=N)N)NC(=O)CNC(=O)[C@H](CO)N(C)C1=O. The highest BCUT2D eigenvalue weighted by atomic mass is 32.2. The number of hydrogen-bond acceptors (Lipinski definition) is 23. The molecule has 3 fully saturated rings. The van der Waals surface area contributed by atoms with E-state index in [9.17, 15) is 92.3 Å². The van der Waals surface area contributed by atoms with Crippen LogP contribution < -0.4 is 64.6 Å². The summed E-state index contributed by atoms with van der Waals surface area (Å²) < 4.78 is 0. The first-order valence-corrected chi connectivity index (χ1v) is 44.7. The van der Waals surface area contributed by atoms with Gasteiger partial charge in [0.1, 0.15) is 84.3 Å². The third kappa shape index (κ3) is 29.6. The number of hydrogen-bond donors (Lipinski definition) is 18. The lowest BCUT2D eigenvalue weighted by atomic mass is 10.00. The van der Waals surface area contributed by atoms with Crippen molar-refractivity contribution >= 4 is 141 Å². The number of carbonyl (C=O) groups excluding carboxylic acids is 17. The van der Waals surface area contributed by atoms with E-state index in [0.717, 1.165) is 55.3 Å². The van der Waals surface area contributed by atoms with Crippen molar-refractivity contribution in [2.24, 2.45) is 17.4 Å². The topological polar surface area (TPSA) is 640 Å². The summed E-state index contributed by atoms with van der Waals surface area (Å²) in [5, 5.41) is 74.8. The van der Waals surface area contributed by atoms with Crippen molar-refractivity contribution in [3.05, 3.63) is 138 Å². The number of rotatable bonds is 21. The van der Waals surface area contributed by atoms with Gasteiger partial charge in [0.15, 0.2) is 5.96 Å². The number of para-hydroxylation sites is 1. The molecule has 17 amide bonds. The van der Waals surface area contributed by atoms with Crippen LogP contribution in [0.15, 0.2) is 115 Å². The number of carbonyl (C=O) groups is 19. The zero-order chi connectivity index (χ0) is 98.5. The molecule has 3 saturated heterocycles. The van der Waals surface area contributed by atoms with Gasteiger partial charge in [0.2, 0.25) is 100 Å². The molecule has 20 N–H and O–H groups in total. The van der Waals surface area contributed by atoms with Gasteiger partial charge in [0.25, 0.3) is 0 Å². The van der Waals surface area contributed by atoms with E-state index in [1.54, 1.807) is 91.1 Å². The van der Waals surface area contributed by atoms with Crippen LogP contribution in [0.5, 0.6) is 5.75 Å². The molecule has 0 unspecified atom stereocenters. The average Bonchev–Trinajstić information content (AvgIpc) is 1.50. The standard InChI is InChI=1S/C89H119N21O23S/c1-49(2)75-88(133)108(8)68(46-111)80(125)96-44-70(114)97-58(26-17-33-93-89(91)92)82(127)106(6)66(37-51-20-11-9-12-21-51)85(130)104(4)45-71(115)99-61(36-53-29-31-55(112)32-30-53)83(128)107(7)67(38-52-22-13-10-14-23-52)87(132)109-34-18-27-64(109)81(126)102-63(77(122)95-43-69(90)113)47-134-48-72(116)98-59(39-54-42-94-57-25-16-15-24-56(54)57)78(123)101-62(41-74(119)120)84(129)110-35-19-28-65(110)86(131)105(5)50(3)76(121)100-60(40-73(117)118)79(124)103-75/h9-16,20-25,29-32,42,49-50,58-68,75,94,111-112H,17-19,26-28,33-41,43-48H2,1-8H3,(H2,90,113)(H,95,122)(H,96,125)(H,97,114)(H,98,116)(H,99,115)(H,100,121)(H,101,123)(H,102,126)(H,103,124)(H,117,118)(H,119,120)(H4,91,92,93)/t50-,58-,59+,60-,61-,62-,63-,64-,65-,66-,67-,68-,75-/m0/s1. The maximum atomic E-state index is 15.6. The zero-order valence-corrected chi connectivity index (χ0v) is 76.5. The highest BCUT2D eigenvalue weighted by Crippen LogP contribution is 2.27. The van der Waals surface area contributed by atoms with Gasteiger partial charge in [-0.15, -0.1) is 11.8 Å². The number of phenols is 1. The Morgan fingerprint density at radius 1 is 0.522 bits per heavy atom. The maximum absolute atomic E-state index is 15.6. The molecule has 1 aromatic heterocycles. The summed E-state index contributed by atoms with van der Waals surface area (Å²) in [6, 6.07) is 8.36. The number of likely N-dealkylation sites (N-methyl/N-ethyl adjacent to an activating group) is 5. The molecule has 0 bridgehead atoms. The van der Waals surface area contributed by atoms with E-state index in [2.05, 4.69) is 58.2 Å². The van der Waals surface area contributed by atoms with Gasteiger partial charge in [-0.05, 0) is 91.8 Å². The van der Waals surface area contributed by atoms with Crippen LogP contribution >= 0.6 is 11.8 Å². The molecule has 3 aliphatic heterocycles. The third-order valence-corrected chi connectivity index (χ3v) is 24.4. The predicted molar refractivity (Wildman–Crippen MR) is 485 cm³/mol. The van der Waals surface area contributed by atoms with E-state index >= 15 is 19.2 Å². The van der Waals surface area contributed by atoms with E-state index in [1.807, 2.05) is 0 Å². The molecule has 8 rings (SSSR count). The second kappa shape index (κ2) is 49.8. The van der Waals surface area contributed by atoms with Crippen LogP contribution in [0.25, 0.3) is 10.9 Å². The van der Waals surface area contributed by atoms with Crippen molar-refractivity contribution < 1.29 is 112 Å². The number of carboxylic acids is 2. The fourth-order valence-corrected chi connectivity index (χ4v) is 16.7. The van der Waals surface area contributed by atoms with Crippen LogP contribution in [0.3, 0.4) is 0 Å². The number of aliphatic hydroxyl groups excluding tert-OH is 1. The van der Waals surface area contributed by atoms with Gasteiger partial charge < -0.3 is 124 Å². The molecule has 3 aliphatic rings. The molecule has 0 radical (unpaired) electrons. The minimum Gasteiger partial charge on any atom is -0.508 e. The van der Waals surface area contributed by atoms with Crippen molar-refractivity contribution in [2.45, 2.75) is 176 Å². The molecule has 13 atom stereocenters. The number of aromatic nitrogens is 1. The number of amides is 17. The number of primary amides is 1. The molecule has 4 aromatic carbocycles. The lowest BCUT2D eigenvalue weighted by Gasteiger charge is -2.35. The largest absolute Gasteiger partial charge is 0.508 e. The smallest absolute Gasteiger partial charge is 0.305 e. The molecule has 724 valence electrons. The molecule has 0 aliphatic carbocycles. The van der Waals surface area contributed by atoms with Crippen molar-refractivity contribution in [3.8, 4) is 5.75 Å². The fraction of sp³-hybridized carbons (Fsp3) is 0.483. The summed E-state index contributed by atoms with van der Waals surface area (Å²) in [5.74, 6) is -22.4. The Hall–Kier alpha value is -14.3. The highest BCUT2D eigenvalue weighted by Gasteiger charge is 2.46. The number of fused-ring (bicyclic) bond motifs is 3. The van der Waals surface area contributed by atoms with E-state index in [4.69, 9.17) is 16.9 Å². The lowest BCUT2D eigenvalue weighted by molar-refractivity contribution is -0.150. The number of carboxylic acid groups (broad SMARTS) is 2. The van der Waals surface area contributed by atoms with Gasteiger partial charge in [-0.3, -0.25) is 96.5 Å². The summed E-state index contributed by atoms with van der Waals surface area (Å²) in [6.45, 7) is 0.290. The summed E-state index contributed by atoms with van der Waals surface area (Å²) in [4.78, 5) is 283. The fourth-order valence-electron chi connectivity index (χ4n) is 15.8. The molecule has 0 saturated carbocycles. The van der Waals surface area contributed by atoms with Crippen molar-refractivity contribution in [1.29, 1.82) is 5.41 Å². The number of benzene rings is 4. The Bertz CT molecular complexity index is 5110. The molecule has 44 nitrogen and oxygen atoms in total. The Morgan fingerprint density at radius 2 is 1.06 bits per heavy atom. The monoisotopic (exact) mass is 1880 g/mol. The molecule has 45 heteroatoms. The van der Waals surface area contributed by atoms with E-state index in [1.165, 1.54) is 71.1 Å². The van der Waals surface area contributed by atoms with Gasteiger partial charge in [0, 0.05) is 103 Å². The summed E-state index contributed by atoms with van der Waals surface area (Å²) in [5.41, 5.74) is 13.5. The molecule has 0 spiro atoms. The van der Waals surface area contributed by atoms with Crippen LogP contribution in [-0.4, -0.2) is 349 Å². The van der Waals surface area contributed by atoms with Crippen LogP contribution in [0.2, 0.25) is 0 Å². The number of nitrogens with one attached hydrogen (secondary N) is 12. The number of thioether (sulfide) groups is 1. The molecule has 134 heavy (non-hydrogen) atoms. The highest BCUT2D eigenvalue weighted by molar-refractivity contribution is 8.00. The number of aromatic amines is 1. The van der Waals surface area contributed by atoms with Gasteiger partial charge in [-0.1, -0.05) is 105 Å². The van der Waals surface area contributed by atoms with Crippen LogP contribution in [0, 0.1) is 11.3 Å². The average molecular weight is 1880 g/mol. The van der Waals surface area contributed by atoms with Crippen molar-refractivity contribution in [3.63, 3.8) is 0 Å². The van der Waals surface area contributed by atoms with Crippen LogP contribution in [0.4, 0.5) is 0 Å². The first kappa shape index (κ1) is 105. The Balaban J connectivity index is 1.15. The molecular formula is C89H119N21O23S. The summed E-state index contributed by atoms with van der Waals surface area (Å²) in [7, 11) is 6.06. The first-order valence-electron chi connectivity index (χ1n) is 43.5. The van der Waals surface area contributed by atoms with E-state index in [0.29, 0.717) is 33.2 Å². The number of nitrogens with zero attached hydrogens (tertiary/aromatic N) is 7.